The second-order valence-electron chi connectivity index (χ2n) is 7.67. The normalized spacial score (nSPS) is 18.5. The highest BCUT2D eigenvalue weighted by Gasteiger charge is 2.43. The van der Waals surface area contributed by atoms with E-state index in [1.807, 2.05) is 36.4 Å². The van der Waals surface area contributed by atoms with E-state index in [2.05, 4.69) is 0 Å². The molecule has 2 aromatic carbocycles. The van der Waals surface area contributed by atoms with Crippen molar-refractivity contribution in [2.24, 2.45) is 5.73 Å². The number of ketones is 1. The summed E-state index contributed by atoms with van der Waals surface area (Å²) in [5.74, 6) is -0.174. The van der Waals surface area contributed by atoms with Gasteiger partial charge in [0.2, 0.25) is 0 Å². The lowest BCUT2D eigenvalue weighted by molar-refractivity contribution is -0.138. The van der Waals surface area contributed by atoms with E-state index in [9.17, 15) is 9.59 Å². The lowest BCUT2D eigenvalue weighted by Crippen LogP contribution is -2.41. The molecule has 0 amide bonds. The second-order valence-corrected chi connectivity index (χ2v) is 8.11. The molecular formula is C25H25ClN2O4. The molecule has 166 valence electrons. The minimum atomic E-state index is -0.605. The SMILES string of the molecule is CCOC(=O)C1=C(N)N(c2ccc(Cl)cc2)C2=C(C(=O)CCC2)[C@@H]1c1ccc(OC)cc1. The Labute approximate surface area is 192 Å². The first-order valence-corrected chi connectivity index (χ1v) is 11.0. The van der Waals surface area contributed by atoms with E-state index in [4.69, 9.17) is 26.8 Å². The van der Waals surface area contributed by atoms with Gasteiger partial charge in [-0.05, 0) is 61.7 Å². The highest BCUT2D eigenvalue weighted by atomic mass is 35.5. The van der Waals surface area contributed by atoms with E-state index in [-0.39, 0.29) is 23.8 Å². The molecule has 0 bridgehead atoms. The number of nitrogens with zero attached hydrogens (tertiary/aromatic N) is 1. The fourth-order valence-corrected chi connectivity index (χ4v) is 4.54. The summed E-state index contributed by atoms with van der Waals surface area (Å²) in [6, 6.07) is 14.5. The van der Waals surface area contributed by atoms with Crippen LogP contribution >= 0.6 is 11.6 Å². The third kappa shape index (κ3) is 3.86. The summed E-state index contributed by atoms with van der Waals surface area (Å²) in [6.07, 6.45) is 1.82. The van der Waals surface area contributed by atoms with Gasteiger partial charge in [0.1, 0.15) is 11.6 Å². The van der Waals surface area contributed by atoms with Crippen molar-refractivity contribution in [3.63, 3.8) is 0 Å². The zero-order valence-electron chi connectivity index (χ0n) is 18.1. The zero-order valence-corrected chi connectivity index (χ0v) is 18.8. The summed E-state index contributed by atoms with van der Waals surface area (Å²) >= 11 is 6.08. The average Bonchev–Trinajstić information content (AvgIpc) is 2.79. The Morgan fingerprint density at radius 3 is 2.44 bits per heavy atom. The summed E-state index contributed by atoms with van der Waals surface area (Å²) in [6.45, 7) is 1.94. The van der Waals surface area contributed by atoms with Gasteiger partial charge in [-0.25, -0.2) is 4.79 Å². The molecule has 0 unspecified atom stereocenters. The fourth-order valence-electron chi connectivity index (χ4n) is 4.41. The Morgan fingerprint density at radius 1 is 1.12 bits per heavy atom. The van der Waals surface area contributed by atoms with Gasteiger partial charge in [0, 0.05) is 28.4 Å². The van der Waals surface area contributed by atoms with Gasteiger partial charge in [-0.1, -0.05) is 23.7 Å². The van der Waals surface area contributed by atoms with Gasteiger partial charge >= 0.3 is 5.97 Å². The van der Waals surface area contributed by atoms with E-state index < -0.39 is 11.9 Å². The number of hydrogen-bond donors (Lipinski definition) is 1. The molecule has 1 heterocycles. The molecule has 0 saturated carbocycles. The first-order valence-electron chi connectivity index (χ1n) is 10.6. The van der Waals surface area contributed by atoms with Crippen molar-refractivity contribution in [1.29, 1.82) is 0 Å². The molecule has 2 N–H and O–H groups in total. The number of benzene rings is 2. The van der Waals surface area contributed by atoms with Crippen molar-refractivity contribution in [3.05, 3.63) is 81.8 Å². The largest absolute Gasteiger partial charge is 0.497 e. The molecule has 32 heavy (non-hydrogen) atoms. The van der Waals surface area contributed by atoms with Crippen molar-refractivity contribution in [2.45, 2.75) is 32.1 Å². The quantitative estimate of drug-likeness (QED) is 0.662. The smallest absolute Gasteiger partial charge is 0.338 e. The van der Waals surface area contributed by atoms with Crippen LogP contribution in [0.15, 0.2) is 71.2 Å². The number of anilines is 1. The Bertz CT molecular complexity index is 1100. The number of allylic oxidation sites excluding steroid dienone is 2. The number of hydrogen-bond acceptors (Lipinski definition) is 6. The van der Waals surface area contributed by atoms with Crippen LogP contribution in [-0.2, 0) is 14.3 Å². The molecule has 0 radical (unpaired) electrons. The molecule has 4 rings (SSSR count). The fraction of sp³-hybridized carbons (Fsp3) is 0.280. The van der Waals surface area contributed by atoms with Crippen LogP contribution in [0.3, 0.4) is 0 Å². The number of Topliss-reactive ketones (excluding diaryl/α,β-unsaturated/α-hetero) is 1. The van der Waals surface area contributed by atoms with Crippen molar-refractivity contribution in [3.8, 4) is 5.75 Å². The van der Waals surface area contributed by atoms with Crippen molar-refractivity contribution in [2.75, 3.05) is 18.6 Å². The number of nitrogens with two attached hydrogens (primary N) is 1. The molecule has 0 fully saturated rings. The Kier molecular flexibility index (Phi) is 6.24. The van der Waals surface area contributed by atoms with Crippen LogP contribution in [0, 0.1) is 0 Å². The molecule has 6 nitrogen and oxygen atoms in total. The molecular weight excluding hydrogens is 428 g/mol. The van der Waals surface area contributed by atoms with Gasteiger partial charge in [0.05, 0.1) is 25.2 Å². The molecule has 1 aliphatic heterocycles. The first-order chi connectivity index (χ1) is 15.5. The molecule has 0 spiro atoms. The van der Waals surface area contributed by atoms with Crippen LogP contribution in [-0.4, -0.2) is 25.5 Å². The number of carbonyl (C=O) groups excluding carboxylic acids is 2. The summed E-state index contributed by atoms with van der Waals surface area (Å²) in [4.78, 5) is 28.2. The summed E-state index contributed by atoms with van der Waals surface area (Å²) in [5.41, 5.74) is 9.86. The third-order valence-electron chi connectivity index (χ3n) is 5.82. The Hall–Kier alpha value is -3.25. The van der Waals surface area contributed by atoms with Gasteiger partial charge in [-0.2, -0.15) is 0 Å². The monoisotopic (exact) mass is 452 g/mol. The van der Waals surface area contributed by atoms with E-state index in [1.165, 1.54) is 0 Å². The van der Waals surface area contributed by atoms with E-state index in [0.717, 1.165) is 23.4 Å². The number of esters is 1. The average molecular weight is 453 g/mol. The lowest BCUT2D eigenvalue weighted by atomic mass is 9.75. The van der Waals surface area contributed by atoms with Crippen LogP contribution in [0.25, 0.3) is 0 Å². The van der Waals surface area contributed by atoms with E-state index in [1.54, 1.807) is 31.1 Å². The molecule has 7 heteroatoms. The lowest BCUT2D eigenvalue weighted by Gasteiger charge is -2.40. The minimum Gasteiger partial charge on any atom is -0.497 e. The minimum absolute atomic E-state index is 0.0142. The van der Waals surface area contributed by atoms with Crippen LogP contribution in [0.5, 0.6) is 5.75 Å². The molecule has 0 aromatic heterocycles. The number of carbonyl (C=O) groups is 2. The van der Waals surface area contributed by atoms with E-state index in [0.29, 0.717) is 29.2 Å². The number of ether oxygens (including phenoxy) is 2. The van der Waals surface area contributed by atoms with Gasteiger partial charge in [-0.3, -0.25) is 9.69 Å². The summed E-state index contributed by atoms with van der Waals surface area (Å²) in [7, 11) is 1.59. The van der Waals surface area contributed by atoms with Crippen LogP contribution in [0.1, 0.15) is 37.7 Å². The molecule has 2 aromatic rings. The highest BCUT2D eigenvalue weighted by Crippen LogP contribution is 2.47. The van der Waals surface area contributed by atoms with Crippen molar-refractivity contribution >= 4 is 29.0 Å². The standard InChI is InChI=1S/C25H25ClN2O4/c1-3-32-25(30)23-21(15-7-13-18(31-2)14-8-15)22-19(5-4-6-20(22)29)28(24(23)27)17-11-9-16(26)10-12-17/h7-14,21H,3-6,27H2,1-2H3/t21-/m0/s1. The molecule has 2 aliphatic rings. The van der Waals surface area contributed by atoms with Crippen molar-refractivity contribution in [1.82, 2.24) is 0 Å². The second kappa shape index (κ2) is 9.09. The predicted molar refractivity (Wildman–Crippen MR) is 123 cm³/mol. The Morgan fingerprint density at radius 2 is 1.81 bits per heavy atom. The van der Waals surface area contributed by atoms with Crippen LogP contribution < -0.4 is 15.4 Å². The highest BCUT2D eigenvalue weighted by molar-refractivity contribution is 6.30. The van der Waals surface area contributed by atoms with Gasteiger partial charge in [0.15, 0.2) is 5.78 Å². The zero-order chi connectivity index (χ0) is 22.8. The maximum absolute atomic E-state index is 13.3. The third-order valence-corrected chi connectivity index (χ3v) is 6.07. The predicted octanol–water partition coefficient (Wildman–Crippen LogP) is 4.69. The number of rotatable bonds is 5. The molecule has 0 saturated heterocycles. The number of methoxy groups -OCH3 is 1. The van der Waals surface area contributed by atoms with Gasteiger partial charge in [0.25, 0.3) is 0 Å². The van der Waals surface area contributed by atoms with E-state index >= 15 is 0 Å². The molecule has 1 atom stereocenters. The van der Waals surface area contributed by atoms with Crippen LogP contribution in [0.2, 0.25) is 5.02 Å². The summed E-state index contributed by atoms with van der Waals surface area (Å²) < 4.78 is 10.7. The Balaban J connectivity index is 1.96. The molecule has 1 aliphatic carbocycles. The maximum Gasteiger partial charge on any atom is 0.338 e. The van der Waals surface area contributed by atoms with Gasteiger partial charge in [-0.15, -0.1) is 0 Å². The van der Waals surface area contributed by atoms with Crippen molar-refractivity contribution < 1.29 is 19.1 Å². The van der Waals surface area contributed by atoms with Crippen LogP contribution in [0.4, 0.5) is 5.69 Å². The summed E-state index contributed by atoms with van der Waals surface area (Å²) in [5, 5.41) is 0.587. The topological polar surface area (TPSA) is 81.9 Å². The first kappa shape index (κ1) is 22.0. The maximum atomic E-state index is 13.3. The number of halogens is 1. The van der Waals surface area contributed by atoms with Gasteiger partial charge < -0.3 is 15.2 Å².